The summed E-state index contributed by atoms with van der Waals surface area (Å²) in [5.41, 5.74) is 6.33. The fourth-order valence-corrected chi connectivity index (χ4v) is 2.47. The molecule has 0 atom stereocenters. The summed E-state index contributed by atoms with van der Waals surface area (Å²) < 4.78 is 0. The minimum atomic E-state index is 0.313. The molecular formula is C12H19N5S. The van der Waals surface area contributed by atoms with Crippen molar-refractivity contribution in [3.63, 3.8) is 0 Å². The number of hydrogen-bond donors (Lipinski definition) is 1. The predicted molar refractivity (Wildman–Crippen MR) is 76.8 cm³/mol. The van der Waals surface area contributed by atoms with E-state index in [9.17, 15) is 0 Å². The number of thiocarbonyl (C=S) groups is 1. The van der Waals surface area contributed by atoms with E-state index in [0.717, 1.165) is 31.7 Å². The molecule has 2 rings (SSSR count). The number of hydrogen-bond acceptors (Lipinski definition) is 5. The minimum absolute atomic E-state index is 0.313. The molecule has 18 heavy (non-hydrogen) atoms. The van der Waals surface area contributed by atoms with Crippen molar-refractivity contribution in [3.05, 3.63) is 18.1 Å². The second-order valence-electron chi connectivity index (χ2n) is 4.77. The molecule has 1 aliphatic heterocycles. The van der Waals surface area contributed by atoms with Crippen molar-refractivity contribution in [2.75, 3.05) is 32.1 Å². The lowest BCUT2D eigenvalue weighted by Gasteiger charge is -2.36. The monoisotopic (exact) mass is 265 g/mol. The summed E-state index contributed by atoms with van der Waals surface area (Å²) in [6.45, 7) is 1.94. The number of nitrogens with two attached hydrogens (primary N) is 1. The first-order valence-electron chi connectivity index (χ1n) is 6.11. The third-order valence-electron chi connectivity index (χ3n) is 3.41. The van der Waals surface area contributed by atoms with Crippen LogP contribution in [0.15, 0.2) is 12.4 Å². The van der Waals surface area contributed by atoms with Gasteiger partial charge in [-0.05, 0) is 26.9 Å². The third-order valence-corrected chi connectivity index (χ3v) is 3.60. The Kier molecular flexibility index (Phi) is 4.08. The summed E-state index contributed by atoms with van der Waals surface area (Å²) in [4.78, 5) is 13.4. The zero-order valence-electron chi connectivity index (χ0n) is 10.8. The van der Waals surface area contributed by atoms with Gasteiger partial charge in [0.25, 0.3) is 0 Å². The Morgan fingerprint density at radius 2 is 1.94 bits per heavy atom. The number of aromatic nitrogens is 2. The highest BCUT2D eigenvalue weighted by Gasteiger charge is 2.23. The zero-order chi connectivity index (χ0) is 13.1. The third kappa shape index (κ3) is 2.76. The van der Waals surface area contributed by atoms with Crippen molar-refractivity contribution >= 4 is 23.0 Å². The number of piperidine rings is 1. The van der Waals surface area contributed by atoms with Crippen LogP contribution in [0.1, 0.15) is 18.5 Å². The van der Waals surface area contributed by atoms with E-state index in [1.807, 2.05) is 0 Å². The SMILES string of the molecule is CN(C)C1CCN(c2nccnc2C(N)=S)CC1. The Morgan fingerprint density at radius 1 is 1.33 bits per heavy atom. The molecule has 98 valence electrons. The molecule has 0 unspecified atom stereocenters. The lowest BCUT2D eigenvalue weighted by Crippen LogP contribution is -2.43. The molecule has 1 aromatic heterocycles. The van der Waals surface area contributed by atoms with Gasteiger partial charge in [-0.25, -0.2) is 9.97 Å². The van der Waals surface area contributed by atoms with Crippen LogP contribution >= 0.6 is 12.2 Å². The van der Waals surface area contributed by atoms with Crippen LogP contribution in [-0.4, -0.2) is 53.1 Å². The fraction of sp³-hybridized carbons (Fsp3) is 0.583. The number of rotatable bonds is 3. The Morgan fingerprint density at radius 3 is 2.50 bits per heavy atom. The molecule has 2 heterocycles. The van der Waals surface area contributed by atoms with Crippen molar-refractivity contribution in [1.82, 2.24) is 14.9 Å². The van der Waals surface area contributed by atoms with Crippen molar-refractivity contribution in [1.29, 1.82) is 0 Å². The molecule has 1 aliphatic rings. The summed E-state index contributed by atoms with van der Waals surface area (Å²) >= 11 is 5.02. The van der Waals surface area contributed by atoms with Crippen LogP contribution in [0.5, 0.6) is 0 Å². The summed E-state index contributed by atoms with van der Waals surface area (Å²) in [6.07, 6.45) is 5.57. The first kappa shape index (κ1) is 13.2. The van der Waals surface area contributed by atoms with Gasteiger partial charge in [0.1, 0.15) is 10.7 Å². The second-order valence-corrected chi connectivity index (χ2v) is 5.21. The number of nitrogens with zero attached hydrogens (tertiary/aromatic N) is 4. The van der Waals surface area contributed by atoms with Gasteiger partial charge < -0.3 is 15.5 Å². The molecule has 0 aromatic carbocycles. The maximum absolute atomic E-state index is 5.69. The fourth-order valence-electron chi connectivity index (χ4n) is 2.33. The van der Waals surface area contributed by atoms with Gasteiger partial charge in [0.2, 0.25) is 0 Å². The van der Waals surface area contributed by atoms with Crippen molar-refractivity contribution < 1.29 is 0 Å². The van der Waals surface area contributed by atoms with Crippen LogP contribution in [0.4, 0.5) is 5.82 Å². The van der Waals surface area contributed by atoms with Gasteiger partial charge in [-0.3, -0.25) is 0 Å². The van der Waals surface area contributed by atoms with Crippen molar-refractivity contribution in [3.8, 4) is 0 Å². The van der Waals surface area contributed by atoms with Crippen LogP contribution in [-0.2, 0) is 0 Å². The molecule has 1 aromatic rings. The Hall–Kier alpha value is -1.27. The molecule has 5 nitrogen and oxygen atoms in total. The normalized spacial score (nSPS) is 17.2. The highest BCUT2D eigenvalue weighted by molar-refractivity contribution is 7.80. The topological polar surface area (TPSA) is 58.3 Å². The average molecular weight is 265 g/mol. The molecule has 2 N–H and O–H groups in total. The summed E-state index contributed by atoms with van der Waals surface area (Å²) in [5, 5.41) is 0. The van der Waals surface area contributed by atoms with Gasteiger partial charge in [0.15, 0.2) is 5.82 Å². The quantitative estimate of drug-likeness (QED) is 0.810. The average Bonchev–Trinajstić information content (AvgIpc) is 2.39. The summed E-state index contributed by atoms with van der Waals surface area (Å²) in [6, 6.07) is 0.645. The van der Waals surface area contributed by atoms with Crippen LogP contribution < -0.4 is 10.6 Å². The lowest BCUT2D eigenvalue weighted by atomic mass is 10.0. The molecule has 0 saturated carbocycles. The van der Waals surface area contributed by atoms with E-state index >= 15 is 0 Å². The maximum atomic E-state index is 5.69. The Labute approximate surface area is 113 Å². The van der Waals surface area contributed by atoms with Gasteiger partial charge in [0.05, 0.1) is 0 Å². The lowest BCUT2D eigenvalue weighted by molar-refractivity contribution is 0.249. The van der Waals surface area contributed by atoms with Crippen LogP contribution in [0.3, 0.4) is 0 Å². The molecule has 0 bridgehead atoms. The molecule has 1 fully saturated rings. The Bertz CT molecular complexity index is 426. The molecule has 0 amide bonds. The van der Waals surface area contributed by atoms with Crippen LogP contribution in [0, 0.1) is 0 Å². The summed E-state index contributed by atoms with van der Waals surface area (Å²) in [7, 11) is 4.26. The standard InChI is InChI=1S/C12H19N5S/c1-16(2)9-3-7-17(8-4-9)12-10(11(13)18)14-5-6-15-12/h5-6,9H,3-4,7-8H2,1-2H3,(H2,13,18). The first-order chi connectivity index (χ1) is 8.59. The van der Waals surface area contributed by atoms with Crippen molar-refractivity contribution in [2.24, 2.45) is 5.73 Å². The predicted octanol–water partition coefficient (Wildman–Crippen LogP) is 0.641. The van der Waals surface area contributed by atoms with Gasteiger partial charge in [0, 0.05) is 31.5 Å². The molecule has 1 saturated heterocycles. The van der Waals surface area contributed by atoms with E-state index in [0.29, 0.717) is 16.7 Å². The highest BCUT2D eigenvalue weighted by Crippen LogP contribution is 2.21. The zero-order valence-corrected chi connectivity index (χ0v) is 11.7. The Balaban J connectivity index is 2.12. The van der Waals surface area contributed by atoms with Gasteiger partial charge in [-0.1, -0.05) is 12.2 Å². The van der Waals surface area contributed by atoms with E-state index in [4.69, 9.17) is 18.0 Å². The molecule has 0 spiro atoms. The van der Waals surface area contributed by atoms with E-state index in [-0.39, 0.29) is 0 Å². The van der Waals surface area contributed by atoms with Crippen LogP contribution in [0.2, 0.25) is 0 Å². The first-order valence-corrected chi connectivity index (χ1v) is 6.52. The van der Waals surface area contributed by atoms with Gasteiger partial charge >= 0.3 is 0 Å². The summed E-state index contributed by atoms with van der Waals surface area (Å²) in [5.74, 6) is 0.821. The van der Waals surface area contributed by atoms with Gasteiger partial charge in [-0.15, -0.1) is 0 Å². The molecule has 6 heteroatoms. The number of anilines is 1. The molecule has 0 aliphatic carbocycles. The van der Waals surface area contributed by atoms with Crippen molar-refractivity contribution in [2.45, 2.75) is 18.9 Å². The van der Waals surface area contributed by atoms with Crippen LogP contribution in [0.25, 0.3) is 0 Å². The largest absolute Gasteiger partial charge is 0.388 e. The second kappa shape index (κ2) is 5.58. The van der Waals surface area contributed by atoms with E-state index in [1.54, 1.807) is 12.4 Å². The molecular weight excluding hydrogens is 246 g/mol. The highest BCUT2D eigenvalue weighted by atomic mass is 32.1. The minimum Gasteiger partial charge on any atom is -0.388 e. The van der Waals surface area contributed by atoms with E-state index in [1.165, 1.54) is 0 Å². The van der Waals surface area contributed by atoms with E-state index < -0.39 is 0 Å². The molecule has 0 radical (unpaired) electrons. The van der Waals surface area contributed by atoms with Gasteiger partial charge in [-0.2, -0.15) is 0 Å². The smallest absolute Gasteiger partial charge is 0.157 e. The maximum Gasteiger partial charge on any atom is 0.157 e. The van der Waals surface area contributed by atoms with E-state index in [2.05, 4.69) is 33.9 Å².